The topological polar surface area (TPSA) is 167 Å². The number of amides is 2. The Balaban J connectivity index is 0.945. The molecule has 2 amide bonds. The molecule has 12 nitrogen and oxygen atoms in total. The molecule has 2 heterocycles. The number of aliphatic hydroxyl groups excluding tert-OH is 1. The second-order valence-electron chi connectivity index (χ2n) is 13.8. The first-order valence-electron chi connectivity index (χ1n) is 19.0. The van der Waals surface area contributed by atoms with Gasteiger partial charge < -0.3 is 30.9 Å². The van der Waals surface area contributed by atoms with E-state index in [4.69, 9.17) is 15.2 Å². The summed E-state index contributed by atoms with van der Waals surface area (Å²) in [6.45, 7) is 0.381. The van der Waals surface area contributed by atoms with Crippen molar-refractivity contribution in [2.75, 3.05) is 16.8 Å². The number of nitrogen functional groups attached to an aromatic ring is 1. The van der Waals surface area contributed by atoms with Gasteiger partial charge in [-0.25, -0.2) is 0 Å². The highest BCUT2D eigenvalue weighted by atomic mass is 32.2. The lowest BCUT2D eigenvalue weighted by atomic mass is 9.99. The molecular formula is C44H45N7O5S. The molecule has 1 aliphatic rings. The summed E-state index contributed by atoms with van der Waals surface area (Å²) in [5, 5.41) is 28.5. The molecule has 0 spiro atoms. The minimum atomic E-state index is -0.607. The van der Waals surface area contributed by atoms with E-state index in [2.05, 4.69) is 44.4 Å². The average molecular weight is 784 g/mol. The molecular weight excluding hydrogens is 739 g/mol. The summed E-state index contributed by atoms with van der Waals surface area (Å²) in [5.74, 6) is 0.436. The van der Waals surface area contributed by atoms with E-state index in [0.29, 0.717) is 60.9 Å². The van der Waals surface area contributed by atoms with Crippen LogP contribution in [0, 0.1) is 0 Å². The lowest BCUT2D eigenvalue weighted by molar-refractivity contribution is -0.245. The number of hydrogen-bond donors (Lipinski definition) is 4. The third-order valence-corrected chi connectivity index (χ3v) is 10.7. The molecule has 1 aliphatic heterocycles. The number of nitrogens with zero attached hydrogens (tertiary/aromatic N) is 4. The summed E-state index contributed by atoms with van der Waals surface area (Å²) in [6.07, 6.45) is 1.51. The van der Waals surface area contributed by atoms with Crippen LogP contribution in [0.2, 0.25) is 0 Å². The van der Waals surface area contributed by atoms with E-state index in [1.165, 1.54) is 11.8 Å². The van der Waals surface area contributed by atoms with Crippen LogP contribution in [-0.4, -0.2) is 49.0 Å². The molecule has 0 radical (unpaired) electrons. The Morgan fingerprint density at radius 1 is 0.789 bits per heavy atom. The van der Waals surface area contributed by atoms with Gasteiger partial charge in [0, 0.05) is 37.1 Å². The van der Waals surface area contributed by atoms with Crippen molar-refractivity contribution >= 4 is 35.0 Å². The molecule has 1 fully saturated rings. The summed E-state index contributed by atoms with van der Waals surface area (Å²) in [4.78, 5) is 24.9. The SMILES string of the molecule is Nc1ccccc1NC(=O)CCCCC(=O)NCc1cccc(-c2ccc(C3OC(CSc4nnnn4-c4ccccc4)CC(c4ccc(CO)cc4)O3)cc2)c1. The van der Waals surface area contributed by atoms with Crippen LogP contribution in [0.3, 0.4) is 0 Å². The molecule has 0 bridgehead atoms. The number of thioether (sulfide) groups is 1. The van der Waals surface area contributed by atoms with Crippen molar-refractivity contribution in [1.82, 2.24) is 25.5 Å². The Bertz CT molecular complexity index is 2230. The number of carbonyl (C=O) groups is 2. The van der Waals surface area contributed by atoms with E-state index in [1.807, 2.05) is 97.1 Å². The number of unbranched alkanes of at least 4 members (excludes halogenated alkanes) is 1. The fourth-order valence-corrected chi connectivity index (χ4v) is 7.48. The first-order valence-corrected chi connectivity index (χ1v) is 20.0. The normalized spacial score (nSPS) is 16.5. The Hall–Kier alpha value is -5.86. The van der Waals surface area contributed by atoms with Gasteiger partial charge in [-0.1, -0.05) is 109 Å². The number of tetrazole rings is 1. The molecule has 1 saturated heterocycles. The van der Waals surface area contributed by atoms with Crippen molar-refractivity contribution in [2.45, 2.75) is 68.9 Å². The zero-order valence-electron chi connectivity index (χ0n) is 31.4. The monoisotopic (exact) mass is 783 g/mol. The fourth-order valence-electron chi connectivity index (χ4n) is 6.57. The summed E-state index contributed by atoms with van der Waals surface area (Å²) < 4.78 is 14.9. The summed E-state index contributed by atoms with van der Waals surface area (Å²) >= 11 is 1.54. The Kier molecular flexibility index (Phi) is 13.4. The molecule has 3 atom stereocenters. The minimum absolute atomic E-state index is 0.0214. The van der Waals surface area contributed by atoms with Crippen molar-refractivity contribution in [3.8, 4) is 16.8 Å². The molecule has 1 aromatic heterocycles. The van der Waals surface area contributed by atoms with Gasteiger partial charge in [0.25, 0.3) is 0 Å². The van der Waals surface area contributed by atoms with Gasteiger partial charge in [-0.3, -0.25) is 9.59 Å². The number of carbonyl (C=O) groups excluding carboxylic acids is 2. The Labute approximate surface area is 335 Å². The standard InChI is InChI=1S/C44H45N7O5S/c45-38-13-4-5-14-39(38)47-42(54)16-7-6-15-41(53)46-27-31-9-8-10-35(25-31)32-21-23-34(24-22-32)43-55-37(26-40(56-43)33-19-17-30(28-52)18-20-33)29-57-44-48-49-50-51(44)36-11-2-1-3-12-36/h1-5,8-14,17-25,37,40,43,52H,6-7,15-16,26-29,45H2,(H,46,53)(H,47,54). The highest BCUT2D eigenvalue weighted by Gasteiger charge is 2.32. The van der Waals surface area contributed by atoms with Gasteiger partial charge in [-0.15, -0.1) is 5.10 Å². The first kappa shape index (κ1) is 39.4. The van der Waals surface area contributed by atoms with Crippen molar-refractivity contribution in [2.24, 2.45) is 0 Å². The molecule has 7 rings (SSSR count). The molecule has 13 heteroatoms. The van der Waals surface area contributed by atoms with E-state index in [0.717, 1.165) is 39.1 Å². The smallest absolute Gasteiger partial charge is 0.224 e. The highest BCUT2D eigenvalue weighted by Crippen LogP contribution is 2.40. The highest BCUT2D eigenvalue weighted by molar-refractivity contribution is 7.99. The number of anilines is 2. The summed E-state index contributed by atoms with van der Waals surface area (Å²) in [5.41, 5.74) is 13.7. The van der Waals surface area contributed by atoms with Gasteiger partial charge in [0.2, 0.25) is 17.0 Å². The van der Waals surface area contributed by atoms with Crippen LogP contribution in [0.1, 0.15) is 66.8 Å². The summed E-state index contributed by atoms with van der Waals surface area (Å²) in [6, 6.07) is 41.0. The number of nitrogens with one attached hydrogen (secondary N) is 2. The first-order chi connectivity index (χ1) is 27.9. The maximum absolute atomic E-state index is 12.6. The van der Waals surface area contributed by atoms with Crippen LogP contribution in [0.4, 0.5) is 11.4 Å². The van der Waals surface area contributed by atoms with Crippen molar-refractivity contribution < 1.29 is 24.2 Å². The average Bonchev–Trinajstić information content (AvgIpc) is 3.74. The lowest BCUT2D eigenvalue weighted by Crippen LogP contribution is -2.31. The van der Waals surface area contributed by atoms with Crippen LogP contribution in [0.15, 0.2) is 133 Å². The third-order valence-electron chi connectivity index (χ3n) is 9.68. The maximum Gasteiger partial charge on any atom is 0.224 e. The molecule has 5 N–H and O–H groups in total. The largest absolute Gasteiger partial charge is 0.397 e. The fraction of sp³-hybridized carbons (Fsp3) is 0.250. The predicted octanol–water partition coefficient (Wildman–Crippen LogP) is 7.56. The van der Waals surface area contributed by atoms with Gasteiger partial charge in [0.15, 0.2) is 6.29 Å². The zero-order valence-corrected chi connectivity index (χ0v) is 32.2. The van der Waals surface area contributed by atoms with E-state index < -0.39 is 6.29 Å². The Morgan fingerprint density at radius 2 is 1.53 bits per heavy atom. The molecule has 0 aliphatic carbocycles. The van der Waals surface area contributed by atoms with E-state index in [1.54, 1.807) is 16.8 Å². The van der Waals surface area contributed by atoms with Crippen molar-refractivity contribution in [3.63, 3.8) is 0 Å². The van der Waals surface area contributed by atoms with Crippen LogP contribution < -0.4 is 16.4 Å². The van der Waals surface area contributed by atoms with Crippen LogP contribution in [-0.2, 0) is 32.2 Å². The van der Waals surface area contributed by atoms with Gasteiger partial charge in [0.1, 0.15) is 0 Å². The third kappa shape index (κ3) is 10.7. The number of ether oxygens (including phenoxy) is 2. The number of nitrogens with two attached hydrogens (primary N) is 1. The number of aliphatic hydroxyl groups is 1. The summed E-state index contributed by atoms with van der Waals surface area (Å²) in [7, 11) is 0. The van der Waals surface area contributed by atoms with Crippen LogP contribution >= 0.6 is 11.8 Å². The number of benzene rings is 5. The Morgan fingerprint density at radius 3 is 2.30 bits per heavy atom. The zero-order chi connectivity index (χ0) is 39.4. The van der Waals surface area contributed by atoms with E-state index >= 15 is 0 Å². The number of aromatic nitrogens is 4. The molecule has 292 valence electrons. The van der Waals surface area contributed by atoms with E-state index in [-0.39, 0.29) is 30.6 Å². The minimum Gasteiger partial charge on any atom is -0.397 e. The predicted molar refractivity (Wildman–Crippen MR) is 220 cm³/mol. The lowest BCUT2D eigenvalue weighted by Gasteiger charge is -2.36. The second-order valence-corrected chi connectivity index (χ2v) is 14.8. The molecule has 6 aromatic rings. The molecule has 3 unspecified atom stereocenters. The number of para-hydroxylation sites is 3. The molecule has 5 aromatic carbocycles. The van der Waals surface area contributed by atoms with Gasteiger partial charge >= 0.3 is 0 Å². The quantitative estimate of drug-likeness (QED) is 0.0437. The van der Waals surface area contributed by atoms with Crippen LogP contribution in [0.25, 0.3) is 16.8 Å². The van der Waals surface area contributed by atoms with Gasteiger partial charge in [-0.2, -0.15) is 4.68 Å². The molecule has 57 heavy (non-hydrogen) atoms. The van der Waals surface area contributed by atoms with Crippen LogP contribution in [0.5, 0.6) is 0 Å². The van der Waals surface area contributed by atoms with E-state index in [9.17, 15) is 14.7 Å². The second kappa shape index (κ2) is 19.3. The van der Waals surface area contributed by atoms with Gasteiger partial charge in [-0.05, 0) is 81.4 Å². The van der Waals surface area contributed by atoms with Crippen molar-refractivity contribution in [1.29, 1.82) is 0 Å². The maximum atomic E-state index is 12.6. The van der Waals surface area contributed by atoms with Crippen molar-refractivity contribution in [3.05, 3.63) is 150 Å². The number of hydrogen-bond acceptors (Lipinski definition) is 10. The molecule has 0 saturated carbocycles. The van der Waals surface area contributed by atoms with Gasteiger partial charge in [0.05, 0.1) is 35.9 Å². The number of rotatable bonds is 16.